The molecule has 0 fully saturated rings. The number of hydrogen-bond acceptors (Lipinski definition) is 8. The van der Waals surface area contributed by atoms with Gasteiger partial charge in [0.1, 0.15) is 16.1 Å². The molecule has 0 unspecified atom stereocenters. The minimum Gasteiger partial charge on any atom is -0.453 e. The van der Waals surface area contributed by atoms with Crippen LogP contribution in [0.2, 0.25) is 0 Å². The molecule has 0 amide bonds. The van der Waals surface area contributed by atoms with E-state index >= 15 is 0 Å². The molecule has 9 nitrogen and oxygen atoms in total. The highest BCUT2D eigenvalue weighted by Crippen LogP contribution is 2.44. The van der Waals surface area contributed by atoms with Gasteiger partial charge in [0.05, 0.1) is 16.7 Å². The van der Waals surface area contributed by atoms with Crippen LogP contribution in [-0.4, -0.2) is 18.0 Å². The van der Waals surface area contributed by atoms with Crippen LogP contribution in [-0.2, 0) is 10.1 Å². The molecule has 0 bridgehead atoms. The fourth-order valence-electron chi connectivity index (χ4n) is 3.10. The lowest BCUT2D eigenvalue weighted by Gasteiger charge is -2.22. The third-order valence-electron chi connectivity index (χ3n) is 4.33. The van der Waals surface area contributed by atoms with Crippen LogP contribution in [0.3, 0.4) is 0 Å². The Morgan fingerprint density at radius 2 is 1.86 bits per heavy atom. The lowest BCUT2D eigenvalue weighted by atomic mass is 10.1. The molecule has 0 radical (unpaired) electrons. The van der Waals surface area contributed by atoms with Crippen LogP contribution in [0.25, 0.3) is 22.6 Å². The second kappa shape index (κ2) is 5.44. The van der Waals surface area contributed by atoms with Crippen LogP contribution in [0.15, 0.2) is 51.8 Å². The topological polar surface area (TPSA) is 152 Å². The molecule has 5 N–H and O–H groups in total. The first-order chi connectivity index (χ1) is 13.3. The van der Waals surface area contributed by atoms with Crippen molar-refractivity contribution < 1.29 is 22.1 Å². The first kappa shape index (κ1) is 16.5. The van der Waals surface area contributed by atoms with Crippen molar-refractivity contribution in [2.24, 2.45) is 0 Å². The molecule has 10 heteroatoms. The molecular weight excluding hydrogens is 384 g/mol. The van der Waals surface area contributed by atoms with Gasteiger partial charge >= 0.3 is 0 Å². The minimum atomic E-state index is -4.58. The SMILES string of the molecule is N=c1cc2oc3cc4c(cc3nc-2c(S(=O)(=O)O)c1)Oc1cc(N)ccc1N4. The van der Waals surface area contributed by atoms with E-state index in [1.54, 1.807) is 30.3 Å². The molecule has 2 aromatic carbocycles. The average Bonchev–Trinajstić information content (AvgIpc) is 2.62. The number of rotatable bonds is 1. The van der Waals surface area contributed by atoms with Crippen molar-refractivity contribution in [3.8, 4) is 23.0 Å². The number of aromatic nitrogens is 1. The third-order valence-corrected chi connectivity index (χ3v) is 5.19. The standard InChI is InChI=1S/C18H12N4O5S/c19-8-1-2-10-13(3-8)26-14-7-12-15(6-11(14)21-10)27-16-4-9(20)5-17(18(16)22-12)28(23,24)25/h1-7,20-21H,19H2,(H,23,24,25). The van der Waals surface area contributed by atoms with Crippen LogP contribution in [0, 0.1) is 5.41 Å². The van der Waals surface area contributed by atoms with Gasteiger partial charge in [-0.2, -0.15) is 8.42 Å². The Hall–Kier alpha value is -3.63. The van der Waals surface area contributed by atoms with Gasteiger partial charge in [-0.1, -0.05) is 0 Å². The van der Waals surface area contributed by atoms with Gasteiger partial charge in [0, 0.05) is 30.0 Å². The maximum atomic E-state index is 11.7. The number of hydrogen-bond donors (Lipinski definition) is 4. The third kappa shape index (κ3) is 2.54. The molecule has 0 spiro atoms. The second-order valence-electron chi connectivity index (χ2n) is 6.31. The van der Waals surface area contributed by atoms with Crippen LogP contribution >= 0.6 is 0 Å². The van der Waals surface area contributed by atoms with Crippen molar-refractivity contribution in [3.63, 3.8) is 0 Å². The van der Waals surface area contributed by atoms with Crippen molar-refractivity contribution >= 4 is 38.3 Å². The molecule has 2 aliphatic heterocycles. The molecule has 2 heterocycles. The Kier molecular flexibility index (Phi) is 3.21. The first-order valence-corrected chi connectivity index (χ1v) is 9.51. The maximum absolute atomic E-state index is 11.7. The normalized spacial score (nSPS) is 12.9. The van der Waals surface area contributed by atoms with Crippen molar-refractivity contribution in [1.29, 1.82) is 5.41 Å². The molecule has 1 aliphatic carbocycles. The van der Waals surface area contributed by atoms with Crippen LogP contribution in [0.4, 0.5) is 17.1 Å². The Bertz CT molecular complexity index is 1430. The van der Waals surface area contributed by atoms with Gasteiger partial charge in [-0.15, -0.1) is 0 Å². The summed E-state index contributed by atoms with van der Waals surface area (Å²) in [6.45, 7) is 0. The zero-order chi connectivity index (χ0) is 19.6. The molecule has 0 saturated heterocycles. The van der Waals surface area contributed by atoms with Gasteiger partial charge in [0.15, 0.2) is 22.8 Å². The number of benzene rings is 3. The molecule has 140 valence electrons. The first-order valence-electron chi connectivity index (χ1n) is 8.07. The lowest BCUT2D eigenvalue weighted by Crippen LogP contribution is -2.10. The van der Waals surface area contributed by atoms with Gasteiger partial charge in [0.2, 0.25) is 0 Å². The Morgan fingerprint density at radius 1 is 1.07 bits per heavy atom. The number of nitrogens with one attached hydrogen (secondary N) is 2. The number of nitrogens with two attached hydrogens (primary N) is 1. The van der Waals surface area contributed by atoms with Gasteiger partial charge in [-0.25, -0.2) is 4.98 Å². The molecule has 5 rings (SSSR count). The van der Waals surface area contributed by atoms with Crippen LogP contribution in [0.5, 0.6) is 11.5 Å². The lowest BCUT2D eigenvalue weighted by molar-refractivity contribution is 0.481. The van der Waals surface area contributed by atoms with Gasteiger partial charge in [0.25, 0.3) is 10.1 Å². The molecule has 0 aromatic heterocycles. The maximum Gasteiger partial charge on any atom is 0.296 e. The van der Waals surface area contributed by atoms with Crippen molar-refractivity contribution in [2.45, 2.75) is 4.90 Å². The number of fused-ring (bicyclic) bond motifs is 4. The van der Waals surface area contributed by atoms with Gasteiger partial charge in [-0.3, -0.25) is 4.55 Å². The summed E-state index contributed by atoms with van der Waals surface area (Å²) < 4.78 is 44.5. The predicted molar refractivity (Wildman–Crippen MR) is 101 cm³/mol. The molecule has 28 heavy (non-hydrogen) atoms. The highest BCUT2D eigenvalue weighted by molar-refractivity contribution is 7.86. The molecule has 3 aliphatic rings. The quantitative estimate of drug-likeness (QED) is 0.192. The van der Waals surface area contributed by atoms with E-state index in [1.807, 2.05) is 0 Å². The zero-order valence-corrected chi connectivity index (χ0v) is 14.9. The van der Waals surface area contributed by atoms with Crippen molar-refractivity contribution in [2.75, 3.05) is 11.1 Å². The fourth-order valence-corrected chi connectivity index (χ4v) is 3.76. The fraction of sp³-hybridized carbons (Fsp3) is 0. The molecule has 2 aromatic rings. The summed E-state index contributed by atoms with van der Waals surface area (Å²) >= 11 is 0. The van der Waals surface area contributed by atoms with Gasteiger partial charge in [-0.05, 0) is 18.2 Å². The summed E-state index contributed by atoms with van der Waals surface area (Å²) in [6.07, 6.45) is 0. The van der Waals surface area contributed by atoms with E-state index in [2.05, 4.69) is 10.3 Å². The predicted octanol–water partition coefficient (Wildman–Crippen LogP) is 3.09. The van der Waals surface area contributed by atoms with E-state index in [0.29, 0.717) is 34.0 Å². The van der Waals surface area contributed by atoms with E-state index in [9.17, 15) is 13.0 Å². The molecule has 0 atom stereocenters. The molecular formula is C18H12N4O5S. The average molecular weight is 396 g/mol. The van der Waals surface area contributed by atoms with E-state index in [-0.39, 0.29) is 16.8 Å². The summed E-state index contributed by atoms with van der Waals surface area (Å²) in [6, 6.07) is 10.8. The van der Waals surface area contributed by atoms with E-state index in [1.165, 1.54) is 6.07 Å². The Labute approximate surface area is 158 Å². The highest BCUT2D eigenvalue weighted by atomic mass is 32.2. The highest BCUT2D eigenvalue weighted by Gasteiger charge is 2.24. The largest absolute Gasteiger partial charge is 0.453 e. The van der Waals surface area contributed by atoms with E-state index in [0.717, 1.165) is 11.8 Å². The summed E-state index contributed by atoms with van der Waals surface area (Å²) in [5.74, 6) is 1.07. The number of nitrogens with zero attached hydrogens (tertiary/aromatic N) is 1. The Morgan fingerprint density at radius 3 is 2.64 bits per heavy atom. The zero-order valence-electron chi connectivity index (χ0n) is 14.1. The number of anilines is 3. The minimum absolute atomic E-state index is 0.0671. The molecule has 0 saturated carbocycles. The smallest absolute Gasteiger partial charge is 0.296 e. The van der Waals surface area contributed by atoms with E-state index in [4.69, 9.17) is 20.3 Å². The second-order valence-corrected chi connectivity index (χ2v) is 7.70. The van der Waals surface area contributed by atoms with E-state index < -0.39 is 15.0 Å². The Balaban J connectivity index is 1.76. The summed E-state index contributed by atoms with van der Waals surface area (Å²) in [5.41, 5.74) is 8.31. The van der Waals surface area contributed by atoms with Crippen molar-refractivity contribution in [1.82, 2.24) is 4.98 Å². The number of nitrogen functional groups attached to an aromatic ring is 1. The monoisotopic (exact) mass is 396 g/mol. The number of ether oxygens (including phenoxy) is 1. The van der Waals surface area contributed by atoms with Gasteiger partial charge < -0.3 is 25.6 Å². The summed E-state index contributed by atoms with van der Waals surface area (Å²) in [4.78, 5) is 3.83. The summed E-state index contributed by atoms with van der Waals surface area (Å²) in [7, 11) is -4.58. The van der Waals surface area contributed by atoms with Crippen LogP contribution in [0.1, 0.15) is 0 Å². The summed E-state index contributed by atoms with van der Waals surface area (Å²) in [5, 5.41) is 10.8. The van der Waals surface area contributed by atoms with Crippen LogP contribution < -0.4 is 21.1 Å². The van der Waals surface area contributed by atoms with Crippen molar-refractivity contribution in [3.05, 3.63) is 47.8 Å².